The maximum absolute atomic E-state index is 12.2. The Morgan fingerprint density at radius 2 is 2.15 bits per heavy atom. The third-order valence-electron chi connectivity index (χ3n) is 4.22. The van der Waals surface area contributed by atoms with Crippen molar-refractivity contribution in [1.29, 1.82) is 0 Å². The van der Waals surface area contributed by atoms with Gasteiger partial charge in [0.05, 0.1) is 31.0 Å². The van der Waals surface area contributed by atoms with Crippen molar-refractivity contribution >= 4 is 11.9 Å². The van der Waals surface area contributed by atoms with Crippen LogP contribution in [0, 0.1) is 0 Å². The van der Waals surface area contributed by atoms with Crippen LogP contribution in [0.25, 0.3) is 0 Å². The number of amides is 1. The molecule has 0 radical (unpaired) electrons. The molecule has 2 heterocycles. The molecular weight excluding hydrogens is 338 g/mol. The second-order valence-corrected chi connectivity index (χ2v) is 6.13. The second-order valence-electron chi connectivity index (χ2n) is 6.13. The summed E-state index contributed by atoms with van der Waals surface area (Å²) in [4.78, 5) is 23.1. The Morgan fingerprint density at radius 1 is 1.35 bits per heavy atom. The number of nitrogens with one attached hydrogen (secondary N) is 2. The summed E-state index contributed by atoms with van der Waals surface area (Å²) in [5, 5.41) is 18.5. The van der Waals surface area contributed by atoms with Crippen LogP contribution in [-0.4, -0.2) is 52.5 Å². The smallest absolute Gasteiger partial charge is 0.335 e. The van der Waals surface area contributed by atoms with Gasteiger partial charge in [-0.1, -0.05) is 0 Å². The van der Waals surface area contributed by atoms with Crippen LogP contribution < -0.4 is 10.1 Å². The summed E-state index contributed by atoms with van der Waals surface area (Å²) in [7, 11) is 0. The van der Waals surface area contributed by atoms with Crippen LogP contribution in [0.15, 0.2) is 36.7 Å². The van der Waals surface area contributed by atoms with E-state index < -0.39 is 5.97 Å². The summed E-state index contributed by atoms with van der Waals surface area (Å²) in [5.74, 6) is -0.485. The third kappa shape index (κ3) is 4.82. The number of hydrogen-bond donors (Lipinski definition) is 3. The van der Waals surface area contributed by atoms with E-state index in [2.05, 4.69) is 15.5 Å². The SMILES string of the molecule is O=C(CCc1cn[nH]c1)N[C@@H]1COCC[C@H]1Oc1ccc(C(=O)O)cc1. The van der Waals surface area contributed by atoms with Crippen LogP contribution in [0.3, 0.4) is 0 Å². The molecule has 0 spiro atoms. The Labute approximate surface area is 150 Å². The van der Waals surface area contributed by atoms with Crippen molar-refractivity contribution in [3.05, 3.63) is 47.8 Å². The van der Waals surface area contributed by atoms with E-state index in [1.807, 2.05) is 0 Å². The van der Waals surface area contributed by atoms with Crippen LogP contribution >= 0.6 is 0 Å². The minimum atomic E-state index is -0.981. The van der Waals surface area contributed by atoms with E-state index in [4.69, 9.17) is 14.6 Å². The average molecular weight is 359 g/mol. The molecule has 0 unspecified atom stereocenters. The van der Waals surface area contributed by atoms with Crippen molar-refractivity contribution in [2.45, 2.75) is 31.4 Å². The molecule has 1 aliphatic rings. The summed E-state index contributed by atoms with van der Waals surface area (Å²) in [6, 6.07) is 5.98. The fraction of sp³-hybridized carbons (Fsp3) is 0.389. The molecule has 1 aliphatic heterocycles. The van der Waals surface area contributed by atoms with Gasteiger partial charge in [-0.15, -0.1) is 0 Å². The number of carboxylic acid groups (broad SMARTS) is 1. The molecule has 0 aliphatic carbocycles. The molecule has 8 nitrogen and oxygen atoms in total. The van der Waals surface area contributed by atoms with Crippen molar-refractivity contribution in [3.8, 4) is 5.75 Å². The second kappa shape index (κ2) is 8.48. The quantitative estimate of drug-likeness (QED) is 0.688. The van der Waals surface area contributed by atoms with Crippen molar-refractivity contribution in [2.75, 3.05) is 13.2 Å². The van der Waals surface area contributed by atoms with Gasteiger partial charge in [0.2, 0.25) is 5.91 Å². The number of carboxylic acids is 1. The number of carbonyl (C=O) groups is 2. The predicted octanol–water partition coefficient (Wildman–Crippen LogP) is 1.39. The van der Waals surface area contributed by atoms with Gasteiger partial charge in [0.25, 0.3) is 0 Å². The van der Waals surface area contributed by atoms with E-state index in [1.165, 1.54) is 12.1 Å². The summed E-state index contributed by atoms with van der Waals surface area (Å²) < 4.78 is 11.4. The van der Waals surface area contributed by atoms with Gasteiger partial charge in [0.15, 0.2) is 0 Å². The van der Waals surface area contributed by atoms with Crippen LogP contribution in [0.1, 0.15) is 28.8 Å². The number of carbonyl (C=O) groups excluding carboxylic acids is 1. The lowest BCUT2D eigenvalue weighted by Gasteiger charge is -2.32. The van der Waals surface area contributed by atoms with Crippen molar-refractivity contribution in [1.82, 2.24) is 15.5 Å². The molecule has 1 saturated heterocycles. The average Bonchev–Trinajstić information content (AvgIpc) is 3.16. The van der Waals surface area contributed by atoms with Gasteiger partial charge in [-0.05, 0) is 36.2 Å². The van der Waals surface area contributed by atoms with Gasteiger partial charge in [-0.25, -0.2) is 4.79 Å². The lowest BCUT2D eigenvalue weighted by molar-refractivity contribution is -0.124. The van der Waals surface area contributed by atoms with Crippen molar-refractivity contribution in [2.24, 2.45) is 0 Å². The zero-order valence-corrected chi connectivity index (χ0v) is 14.2. The Bertz CT molecular complexity index is 730. The van der Waals surface area contributed by atoms with Gasteiger partial charge in [-0.2, -0.15) is 5.10 Å². The molecule has 2 atom stereocenters. The molecule has 3 N–H and O–H groups in total. The number of aromatic amines is 1. The van der Waals surface area contributed by atoms with Crippen LogP contribution in [-0.2, 0) is 16.0 Å². The number of H-pyrrole nitrogens is 1. The van der Waals surface area contributed by atoms with Crippen LogP contribution in [0.5, 0.6) is 5.75 Å². The topological polar surface area (TPSA) is 114 Å². The van der Waals surface area contributed by atoms with E-state index in [1.54, 1.807) is 24.5 Å². The molecule has 8 heteroatoms. The maximum Gasteiger partial charge on any atom is 0.335 e. The molecule has 1 aromatic heterocycles. The van der Waals surface area contributed by atoms with E-state index in [9.17, 15) is 9.59 Å². The summed E-state index contributed by atoms with van der Waals surface area (Å²) >= 11 is 0. The minimum absolute atomic E-state index is 0.0727. The first-order chi connectivity index (χ1) is 12.6. The van der Waals surface area contributed by atoms with Gasteiger partial charge >= 0.3 is 5.97 Å². The monoisotopic (exact) mass is 359 g/mol. The summed E-state index contributed by atoms with van der Waals surface area (Å²) in [6.07, 6.45) is 4.85. The highest BCUT2D eigenvalue weighted by molar-refractivity contribution is 5.87. The van der Waals surface area contributed by atoms with Crippen LogP contribution in [0.2, 0.25) is 0 Å². The predicted molar refractivity (Wildman–Crippen MR) is 92.1 cm³/mol. The zero-order valence-electron chi connectivity index (χ0n) is 14.2. The lowest BCUT2D eigenvalue weighted by Crippen LogP contribution is -2.51. The van der Waals surface area contributed by atoms with E-state index in [-0.39, 0.29) is 23.6 Å². The molecule has 1 aromatic carbocycles. The Kier molecular flexibility index (Phi) is 5.85. The van der Waals surface area contributed by atoms with Gasteiger partial charge in [0, 0.05) is 19.0 Å². The number of aryl methyl sites for hydroxylation is 1. The fourth-order valence-electron chi connectivity index (χ4n) is 2.80. The zero-order chi connectivity index (χ0) is 18.4. The molecule has 3 rings (SSSR count). The largest absolute Gasteiger partial charge is 0.488 e. The number of nitrogens with zero attached hydrogens (tertiary/aromatic N) is 1. The van der Waals surface area contributed by atoms with E-state index in [0.29, 0.717) is 38.2 Å². The van der Waals surface area contributed by atoms with Crippen LogP contribution in [0.4, 0.5) is 0 Å². The highest BCUT2D eigenvalue weighted by atomic mass is 16.5. The van der Waals surface area contributed by atoms with Crippen molar-refractivity contribution in [3.63, 3.8) is 0 Å². The first-order valence-corrected chi connectivity index (χ1v) is 8.46. The summed E-state index contributed by atoms with van der Waals surface area (Å²) in [6.45, 7) is 0.939. The molecule has 138 valence electrons. The highest BCUT2D eigenvalue weighted by Gasteiger charge is 2.29. The number of benzene rings is 1. The minimum Gasteiger partial charge on any atom is -0.488 e. The molecule has 0 saturated carbocycles. The normalized spacial score (nSPS) is 19.7. The molecule has 0 bridgehead atoms. The van der Waals surface area contributed by atoms with Gasteiger partial charge < -0.3 is 19.9 Å². The Morgan fingerprint density at radius 3 is 2.85 bits per heavy atom. The molecule has 1 fully saturated rings. The van der Waals surface area contributed by atoms with E-state index in [0.717, 1.165) is 5.56 Å². The first-order valence-electron chi connectivity index (χ1n) is 8.46. The molecule has 2 aromatic rings. The Balaban J connectivity index is 1.55. The maximum atomic E-state index is 12.2. The number of ether oxygens (including phenoxy) is 2. The fourth-order valence-corrected chi connectivity index (χ4v) is 2.80. The first kappa shape index (κ1) is 17.9. The third-order valence-corrected chi connectivity index (χ3v) is 4.22. The highest BCUT2D eigenvalue weighted by Crippen LogP contribution is 2.19. The molecule has 1 amide bonds. The molecular formula is C18H21N3O5. The van der Waals surface area contributed by atoms with E-state index >= 15 is 0 Å². The number of aromatic carboxylic acids is 1. The number of rotatable bonds is 7. The lowest BCUT2D eigenvalue weighted by atomic mass is 10.1. The number of hydrogen-bond acceptors (Lipinski definition) is 5. The standard InChI is InChI=1S/C18H21N3O5/c22-17(6-1-12-9-19-20-10-12)21-15-11-25-8-7-16(15)26-14-4-2-13(3-5-14)18(23)24/h2-5,9-10,15-16H,1,6-8,11H2,(H,19,20)(H,21,22)(H,23,24)/t15-,16-/m1/s1. The summed E-state index contributed by atoms with van der Waals surface area (Å²) in [5.41, 5.74) is 1.18. The molecule has 26 heavy (non-hydrogen) atoms. The Hall–Kier alpha value is -2.87. The van der Waals surface area contributed by atoms with Gasteiger partial charge in [0.1, 0.15) is 11.9 Å². The van der Waals surface area contributed by atoms with Crippen molar-refractivity contribution < 1.29 is 24.2 Å². The van der Waals surface area contributed by atoms with Gasteiger partial charge in [-0.3, -0.25) is 9.89 Å². The number of aromatic nitrogens is 2.